The van der Waals surface area contributed by atoms with Crippen LogP contribution < -0.4 is 9.79 Å². The number of likely N-dealkylation sites (N-methyl/N-ethyl adjacent to an activating group) is 2. The van der Waals surface area contributed by atoms with Gasteiger partial charge in [-0.15, -0.1) is 0 Å². The van der Waals surface area contributed by atoms with Crippen molar-refractivity contribution in [3.8, 4) is 34.7 Å². The van der Waals surface area contributed by atoms with Gasteiger partial charge in [-0.2, -0.15) is 37.6 Å². The number of hydrogen-bond acceptors (Lipinski definition) is 22. The van der Waals surface area contributed by atoms with Crippen LogP contribution in [0.25, 0.3) is 44.6 Å². The summed E-state index contributed by atoms with van der Waals surface area (Å²) in [7, 11) is -6.09. The molecule has 0 saturated carbocycles. The number of fused-ring (bicyclic) bond motifs is 2. The summed E-state index contributed by atoms with van der Waals surface area (Å²) in [6, 6.07) is 8.55. The van der Waals surface area contributed by atoms with Gasteiger partial charge in [-0.1, -0.05) is 13.8 Å². The molecule has 0 aromatic carbocycles. The highest BCUT2D eigenvalue weighted by atomic mass is 32.1. The normalized spacial score (nSPS) is 14.8. The highest BCUT2D eigenvalue weighted by Gasteiger charge is 2.45. The van der Waals surface area contributed by atoms with Gasteiger partial charge in [0.15, 0.2) is 0 Å². The Balaban J connectivity index is 0.000000470. The predicted octanol–water partition coefficient (Wildman–Crippen LogP) is 1.67. The molecule has 8 heterocycles. The molecular formula is C32H40N14O12P2S2. The summed E-state index contributed by atoms with van der Waals surface area (Å²) in [4.78, 5) is 45.9. The Labute approximate surface area is 362 Å². The molecule has 2 fully saturated rings. The van der Waals surface area contributed by atoms with Gasteiger partial charge in [-0.25, -0.2) is 30.5 Å². The van der Waals surface area contributed by atoms with Crippen LogP contribution in [0.3, 0.4) is 0 Å². The number of aromatic nitrogens is 10. The molecule has 6 aromatic heterocycles. The molecule has 26 nitrogen and oxygen atoms in total. The summed E-state index contributed by atoms with van der Waals surface area (Å²) < 4.78 is 60.3. The number of nitrogens with one attached hydrogen (secondary N) is 2. The van der Waals surface area contributed by atoms with Crippen molar-refractivity contribution in [1.82, 2.24) is 59.3 Å². The van der Waals surface area contributed by atoms with Crippen LogP contribution in [0.4, 0.5) is 0 Å². The molecule has 332 valence electrons. The molecule has 2 aliphatic heterocycles. The maximum atomic E-state index is 9.19. The van der Waals surface area contributed by atoms with Gasteiger partial charge >= 0.3 is 39.7 Å². The predicted molar refractivity (Wildman–Crippen MR) is 216 cm³/mol. The fourth-order valence-corrected chi connectivity index (χ4v) is 6.60. The van der Waals surface area contributed by atoms with Crippen LogP contribution in [0.15, 0.2) is 62.0 Å². The molecule has 2 saturated heterocycles. The standard InChI is InChI=1S/2C16H17N7.2HO4P.2O2S.2H2/c2*1-2-22-9-16(10-22,4-5-17)23-8-12(7-21-23)14-13-3-6-18-15(13)20-11-19-14;2*1-4-5(2)3;2*1-3-2;;/h2*3,6-8,11H,2,4,9-10H2,1H3,(H,18,19,20);2*1H;;;2*1H. The number of nitrogens with zero attached hydrogens (tertiary/aromatic N) is 12. The van der Waals surface area contributed by atoms with Crippen molar-refractivity contribution in [1.29, 1.82) is 10.5 Å². The second-order valence-electron chi connectivity index (χ2n) is 12.7. The quantitative estimate of drug-likeness (QED) is 0.0862. The lowest BCUT2D eigenvalue weighted by atomic mass is 9.87. The van der Waals surface area contributed by atoms with E-state index in [1.54, 1.807) is 12.7 Å². The number of aromatic amines is 2. The van der Waals surface area contributed by atoms with Crippen molar-refractivity contribution in [3.05, 3.63) is 62.0 Å². The van der Waals surface area contributed by atoms with Crippen molar-refractivity contribution in [3.63, 3.8) is 0 Å². The average Bonchev–Trinajstić information content (AvgIpc) is 4.09. The smallest absolute Gasteiger partial charge is 0.521 e. The Morgan fingerprint density at radius 1 is 0.742 bits per heavy atom. The summed E-state index contributed by atoms with van der Waals surface area (Å²) in [5.74, 6) is 0. The van der Waals surface area contributed by atoms with E-state index >= 15 is 0 Å². The van der Waals surface area contributed by atoms with Crippen LogP contribution in [0, 0.1) is 22.7 Å². The van der Waals surface area contributed by atoms with Gasteiger partial charge in [0.2, 0.25) is 0 Å². The van der Waals surface area contributed by atoms with Gasteiger partial charge in [-0.05, 0) is 34.4 Å². The molecule has 62 heavy (non-hydrogen) atoms. The first-order valence-corrected chi connectivity index (χ1v) is 21.0. The molecule has 0 aliphatic carbocycles. The van der Waals surface area contributed by atoms with E-state index in [0.29, 0.717) is 12.8 Å². The minimum absolute atomic E-state index is 0. The van der Waals surface area contributed by atoms with Crippen molar-refractivity contribution in [2.75, 3.05) is 39.3 Å². The van der Waals surface area contributed by atoms with Gasteiger partial charge in [0.05, 0.1) is 48.8 Å². The van der Waals surface area contributed by atoms with E-state index in [9.17, 15) is 10.5 Å². The molecule has 8 rings (SSSR count). The van der Waals surface area contributed by atoms with E-state index < -0.39 is 39.7 Å². The van der Waals surface area contributed by atoms with Gasteiger partial charge in [0, 0.05) is 85.1 Å². The van der Waals surface area contributed by atoms with Crippen LogP contribution in [-0.2, 0) is 52.7 Å². The van der Waals surface area contributed by atoms with Crippen LogP contribution in [0.2, 0.25) is 0 Å². The van der Waals surface area contributed by atoms with Gasteiger partial charge in [-0.3, -0.25) is 19.2 Å². The van der Waals surface area contributed by atoms with Gasteiger partial charge in [0.1, 0.15) is 35.0 Å². The zero-order valence-corrected chi connectivity index (χ0v) is 35.9. The van der Waals surface area contributed by atoms with Gasteiger partial charge < -0.3 is 19.8 Å². The topological polar surface area (TPSA) is 380 Å². The lowest BCUT2D eigenvalue weighted by molar-refractivity contribution is -0.245. The van der Waals surface area contributed by atoms with Crippen molar-refractivity contribution in [2.24, 2.45) is 0 Å². The SMILES string of the molecule is CCN1CC(CC#N)(n2cc(-c3ncnc4[nH]ccc34)cn2)C1.CCN1CC(CC#N)(n2cc(-c3ncnc4[nH]ccc34)cn2)C1.O=S=O.O=S=O.O=[P+]([O-])OO.O=[P+]([O-])OO.[HH].[HH]. The van der Waals surface area contributed by atoms with Crippen LogP contribution in [0.5, 0.6) is 0 Å². The maximum absolute atomic E-state index is 9.19. The molecule has 0 amide bonds. The molecule has 0 spiro atoms. The van der Waals surface area contributed by atoms with E-state index in [-0.39, 0.29) is 13.9 Å². The molecule has 2 unspecified atom stereocenters. The summed E-state index contributed by atoms with van der Waals surface area (Å²) in [5.41, 5.74) is 4.82. The molecular weight excluding hydrogens is 899 g/mol. The van der Waals surface area contributed by atoms with Crippen LogP contribution in [-0.4, -0.2) is 126 Å². The first-order chi connectivity index (χ1) is 29.9. The van der Waals surface area contributed by atoms with Crippen molar-refractivity contribution in [2.45, 2.75) is 37.8 Å². The van der Waals surface area contributed by atoms with Crippen LogP contribution in [0.1, 0.15) is 29.5 Å². The molecule has 6 aromatic rings. The average molecular weight is 939 g/mol. The molecule has 2 atom stereocenters. The van der Waals surface area contributed by atoms with E-state index in [4.69, 9.17) is 46.3 Å². The molecule has 30 heteroatoms. The third-order valence-corrected chi connectivity index (χ3v) is 9.57. The minimum atomic E-state index is -3.04. The summed E-state index contributed by atoms with van der Waals surface area (Å²) in [5, 5.41) is 43.5. The summed E-state index contributed by atoms with van der Waals surface area (Å²) in [6.45, 7) is 9.71. The van der Waals surface area contributed by atoms with E-state index in [2.05, 4.69) is 85.2 Å². The van der Waals surface area contributed by atoms with Crippen LogP contribution >= 0.6 is 16.5 Å². The zero-order valence-electron chi connectivity index (χ0n) is 32.5. The summed E-state index contributed by atoms with van der Waals surface area (Å²) >= 11 is -1.50. The highest BCUT2D eigenvalue weighted by Crippen LogP contribution is 2.35. The Bertz CT molecular complexity index is 2390. The maximum Gasteiger partial charge on any atom is 0.521 e. The van der Waals surface area contributed by atoms with Crippen molar-refractivity contribution >= 4 is 61.7 Å². The molecule has 4 N–H and O–H groups in total. The van der Waals surface area contributed by atoms with E-state index in [1.165, 1.54) is 0 Å². The third kappa shape index (κ3) is 13.1. The zero-order chi connectivity index (χ0) is 45.7. The van der Waals surface area contributed by atoms with E-state index in [1.807, 2.05) is 58.7 Å². The number of likely N-dealkylation sites (tertiary alicyclic amines) is 2. The highest BCUT2D eigenvalue weighted by molar-refractivity contribution is 7.52. The minimum Gasteiger partial charge on any atom is -0.565 e. The molecule has 0 radical (unpaired) electrons. The second kappa shape index (κ2) is 25.2. The third-order valence-electron chi connectivity index (χ3n) is 9.31. The Hall–Kier alpha value is -5.84. The monoisotopic (exact) mass is 938 g/mol. The first-order valence-electron chi connectivity index (χ1n) is 17.5. The molecule has 0 bridgehead atoms. The largest absolute Gasteiger partial charge is 0.565 e. The summed E-state index contributed by atoms with van der Waals surface area (Å²) in [6.07, 6.45) is 15.4. The number of nitriles is 2. The Morgan fingerprint density at radius 2 is 1.08 bits per heavy atom. The lowest BCUT2D eigenvalue weighted by Gasteiger charge is -2.48. The van der Waals surface area contributed by atoms with Gasteiger partial charge in [0.25, 0.3) is 0 Å². The fourth-order valence-electron chi connectivity index (χ4n) is 6.60. The second-order valence-corrected chi connectivity index (χ2v) is 14.2. The number of rotatable bonds is 10. The Morgan fingerprint density at radius 3 is 1.37 bits per heavy atom. The fraction of sp³-hybridized carbons (Fsp3) is 0.375. The lowest BCUT2D eigenvalue weighted by Crippen LogP contribution is -2.62. The first kappa shape index (κ1) is 50.5. The number of H-pyrrole nitrogens is 2. The molecule has 2 aliphatic rings. The van der Waals surface area contributed by atoms with Crippen molar-refractivity contribution < 1.29 is 58.5 Å². The Kier molecular flexibility index (Phi) is 20.5. The number of hydrogen-bond donors (Lipinski definition) is 4. The van der Waals surface area contributed by atoms with E-state index in [0.717, 1.165) is 83.9 Å².